The zero-order chi connectivity index (χ0) is 16.9. The predicted molar refractivity (Wildman–Crippen MR) is 89.0 cm³/mol. The summed E-state index contributed by atoms with van der Waals surface area (Å²) >= 11 is 0. The van der Waals surface area contributed by atoms with Crippen molar-refractivity contribution in [3.63, 3.8) is 0 Å². The topological polar surface area (TPSA) is 58.2 Å². The van der Waals surface area contributed by atoms with Crippen molar-refractivity contribution >= 4 is 11.8 Å². The lowest BCUT2D eigenvalue weighted by atomic mass is 9.88. The number of rotatable bonds is 4. The maximum atomic E-state index is 13.5. The van der Waals surface area contributed by atoms with Gasteiger partial charge in [0.1, 0.15) is 5.82 Å². The van der Waals surface area contributed by atoms with E-state index in [2.05, 4.69) is 16.7 Å². The van der Waals surface area contributed by atoms with Crippen LogP contribution in [0.4, 0.5) is 4.39 Å². The second-order valence-electron chi connectivity index (χ2n) is 5.87. The highest BCUT2D eigenvalue weighted by Crippen LogP contribution is 2.29. The third-order valence-corrected chi connectivity index (χ3v) is 4.23. The van der Waals surface area contributed by atoms with Crippen molar-refractivity contribution in [3.05, 3.63) is 71.0 Å². The molecule has 1 aliphatic carbocycles. The number of amides is 2. The summed E-state index contributed by atoms with van der Waals surface area (Å²) in [6.07, 6.45) is 2.92. The maximum absolute atomic E-state index is 13.5. The van der Waals surface area contributed by atoms with Crippen molar-refractivity contribution in [1.29, 1.82) is 0 Å². The van der Waals surface area contributed by atoms with E-state index in [0.717, 1.165) is 24.8 Å². The van der Waals surface area contributed by atoms with E-state index in [1.807, 2.05) is 18.2 Å². The van der Waals surface area contributed by atoms with E-state index in [0.29, 0.717) is 0 Å². The van der Waals surface area contributed by atoms with Crippen molar-refractivity contribution < 1.29 is 14.0 Å². The molecule has 3 rings (SSSR count). The number of fused-ring (bicyclic) bond motifs is 1. The lowest BCUT2D eigenvalue weighted by molar-refractivity contribution is -0.121. The molecule has 1 atom stereocenters. The summed E-state index contributed by atoms with van der Waals surface area (Å²) in [6.45, 7) is -0.175. The fourth-order valence-corrected chi connectivity index (χ4v) is 3.05. The van der Waals surface area contributed by atoms with Gasteiger partial charge in [0, 0.05) is 0 Å². The summed E-state index contributed by atoms with van der Waals surface area (Å²) in [5.41, 5.74) is 2.33. The van der Waals surface area contributed by atoms with Crippen LogP contribution in [0.3, 0.4) is 0 Å². The van der Waals surface area contributed by atoms with E-state index < -0.39 is 11.7 Å². The molecular formula is C19H19FN2O2. The van der Waals surface area contributed by atoms with E-state index in [4.69, 9.17) is 0 Å². The molecule has 4 nitrogen and oxygen atoms in total. The Labute approximate surface area is 140 Å². The number of nitrogens with one attached hydrogen (secondary N) is 2. The van der Waals surface area contributed by atoms with Gasteiger partial charge in [-0.2, -0.15) is 0 Å². The Morgan fingerprint density at radius 2 is 1.83 bits per heavy atom. The summed E-state index contributed by atoms with van der Waals surface area (Å²) in [5.74, 6) is -1.47. The van der Waals surface area contributed by atoms with Crippen molar-refractivity contribution in [1.82, 2.24) is 10.6 Å². The van der Waals surface area contributed by atoms with Gasteiger partial charge in [0.2, 0.25) is 5.91 Å². The second kappa shape index (κ2) is 7.25. The molecule has 0 radical (unpaired) electrons. The molecule has 24 heavy (non-hydrogen) atoms. The van der Waals surface area contributed by atoms with E-state index in [9.17, 15) is 14.0 Å². The van der Waals surface area contributed by atoms with E-state index >= 15 is 0 Å². The van der Waals surface area contributed by atoms with Crippen LogP contribution >= 0.6 is 0 Å². The Morgan fingerprint density at radius 3 is 2.67 bits per heavy atom. The molecule has 124 valence electrons. The van der Waals surface area contributed by atoms with Gasteiger partial charge in [-0.25, -0.2) is 4.39 Å². The molecule has 0 aromatic heterocycles. The third-order valence-electron chi connectivity index (χ3n) is 4.23. The molecule has 1 aliphatic rings. The number of hydrogen-bond donors (Lipinski definition) is 2. The SMILES string of the molecule is O=C(CNC(=O)c1ccccc1F)N[C@H]1CCCc2ccccc21. The van der Waals surface area contributed by atoms with Gasteiger partial charge in [-0.15, -0.1) is 0 Å². The van der Waals surface area contributed by atoms with Crippen LogP contribution in [0.15, 0.2) is 48.5 Å². The smallest absolute Gasteiger partial charge is 0.254 e. The Kier molecular flexibility index (Phi) is 4.89. The first-order valence-electron chi connectivity index (χ1n) is 8.05. The molecule has 0 unspecified atom stereocenters. The zero-order valence-electron chi connectivity index (χ0n) is 13.2. The summed E-state index contributed by atoms with van der Waals surface area (Å²) in [6, 6.07) is 13.7. The molecule has 0 saturated carbocycles. The maximum Gasteiger partial charge on any atom is 0.254 e. The largest absolute Gasteiger partial charge is 0.348 e. The Balaban J connectivity index is 1.57. The van der Waals surface area contributed by atoms with Gasteiger partial charge in [-0.1, -0.05) is 36.4 Å². The van der Waals surface area contributed by atoms with Gasteiger partial charge < -0.3 is 10.6 Å². The molecule has 2 N–H and O–H groups in total. The van der Waals surface area contributed by atoms with Crippen molar-refractivity contribution in [2.45, 2.75) is 25.3 Å². The highest BCUT2D eigenvalue weighted by atomic mass is 19.1. The van der Waals surface area contributed by atoms with Gasteiger partial charge in [0.05, 0.1) is 18.2 Å². The molecule has 2 amide bonds. The van der Waals surface area contributed by atoms with Gasteiger partial charge in [0.25, 0.3) is 5.91 Å². The molecule has 0 fully saturated rings. The first-order valence-corrected chi connectivity index (χ1v) is 8.05. The summed E-state index contributed by atoms with van der Waals surface area (Å²) in [4.78, 5) is 24.1. The molecule has 5 heteroatoms. The van der Waals surface area contributed by atoms with Gasteiger partial charge in [-0.3, -0.25) is 9.59 Å². The van der Waals surface area contributed by atoms with E-state index in [1.54, 1.807) is 6.07 Å². The van der Waals surface area contributed by atoms with Crippen LogP contribution in [0.5, 0.6) is 0 Å². The lowest BCUT2D eigenvalue weighted by Gasteiger charge is -2.26. The van der Waals surface area contributed by atoms with Crippen LogP contribution in [0.25, 0.3) is 0 Å². The quantitative estimate of drug-likeness (QED) is 0.908. The van der Waals surface area contributed by atoms with Gasteiger partial charge >= 0.3 is 0 Å². The fraction of sp³-hybridized carbons (Fsp3) is 0.263. The minimum Gasteiger partial charge on any atom is -0.348 e. The van der Waals surface area contributed by atoms with E-state index in [-0.39, 0.29) is 24.1 Å². The molecule has 0 bridgehead atoms. The van der Waals surface area contributed by atoms with Crippen molar-refractivity contribution in [2.75, 3.05) is 6.54 Å². The molecule has 0 saturated heterocycles. The first-order chi connectivity index (χ1) is 11.6. The van der Waals surface area contributed by atoms with Crippen LogP contribution in [0.2, 0.25) is 0 Å². The average Bonchev–Trinajstić information content (AvgIpc) is 2.60. The van der Waals surface area contributed by atoms with Crippen molar-refractivity contribution in [3.8, 4) is 0 Å². The number of hydrogen-bond acceptors (Lipinski definition) is 2. The van der Waals surface area contributed by atoms with Crippen LogP contribution in [0.1, 0.15) is 40.4 Å². The van der Waals surface area contributed by atoms with Crippen LogP contribution in [-0.4, -0.2) is 18.4 Å². The Bertz CT molecular complexity index is 761. The minimum absolute atomic E-state index is 0.0344. The summed E-state index contributed by atoms with van der Waals surface area (Å²) < 4.78 is 13.5. The number of carbonyl (C=O) groups is 2. The molecule has 0 spiro atoms. The lowest BCUT2D eigenvalue weighted by Crippen LogP contribution is -2.39. The Hall–Kier alpha value is -2.69. The Morgan fingerprint density at radius 1 is 1.08 bits per heavy atom. The molecule has 2 aromatic carbocycles. The highest BCUT2D eigenvalue weighted by molar-refractivity contribution is 5.96. The minimum atomic E-state index is -0.600. The molecule has 0 heterocycles. The number of benzene rings is 2. The number of carbonyl (C=O) groups excluding carboxylic acids is 2. The first kappa shape index (κ1) is 16.2. The van der Waals surface area contributed by atoms with E-state index in [1.165, 1.54) is 23.8 Å². The van der Waals surface area contributed by atoms with Crippen molar-refractivity contribution in [2.24, 2.45) is 0 Å². The molecule has 2 aromatic rings. The number of aryl methyl sites for hydroxylation is 1. The molecular weight excluding hydrogens is 307 g/mol. The number of halogens is 1. The third kappa shape index (κ3) is 3.62. The van der Waals surface area contributed by atoms with Gasteiger partial charge in [-0.05, 0) is 42.5 Å². The van der Waals surface area contributed by atoms with Crippen LogP contribution in [-0.2, 0) is 11.2 Å². The molecule has 0 aliphatic heterocycles. The van der Waals surface area contributed by atoms with Crippen LogP contribution < -0.4 is 10.6 Å². The fourth-order valence-electron chi connectivity index (χ4n) is 3.05. The second-order valence-corrected chi connectivity index (χ2v) is 5.87. The van der Waals surface area contributed by atoms with Gasteiger partial charge in [0.15, 0.2) is 0 Å². The predicted octanol–water partition coefficient (Wildman–Crippen LogP) is 2.75. The summed E-state index contributed by atoms with van der Waals surface area (Å²) in [5, 5.41) is 5.41. The monoisotopic (exact) mass is 326 g/mol. The standard InChI is InChI=1S/C19H19FN2O2/c20-16-10-4-3-9-15(16)19(24)21-12-18(23)22-17-11-5-7-13-6-1-2-8-14(13)17/h1-4,6,8-10,17H,5,7,11-12H2,(H,21,24)(H,22,23)/t17-/m0/s1. The highest BCUT2D eigenvalue weighted by Gasteiger charge is 2.21. The summed E-state index contributed by atoms with van der Waals surface area (Å²) in [7, 11) is 0. The zero-order valence-corrected chi connectivity index (χ0v) is 13.2. The van der Waals surface area contributed by atoms with Crippen LogP contribution in [0, 0.1) is 5.82 Å². The normalized spacial score (nSPS) is 16.1. The average molecular weight is 326 g/mol.